The molecule has 7 heteroatoms. The minimum Gasteiger partial charge on any atom is -0.466 e. The second-order valence-corrected chi connectivity index (χ2v) is 15.4. The number of aromatic nitrogens is 2. The highest BCUT2D eigenvalue weighted by atomic mass is 16.5. The Morgan fingerprint density at radius 2 is 1.21 bits per heavy atom. The van der Waals surface area contributed by atoms with Gasteiger partial charge in [0.2, 0.25) is 0 Å². The van der Waals surface area contributed by atoms with Crippen molar-refractivity contribution in [3.63, 3.8) is 0 Å². The van der Waals surface area contributed by atoms with Gasteiger partial charge in [0.25, 0.3) is 0 Å². The van der Waals surface area contributed by atoms with Crippen molar-refractivity contribution in [1.29, 1.82) is 0 Å². The number of nitrogens with zero attached hydrogens (tertiary/aromatic N) is 3. The third kappa shape index (κ3) is 18.8. The predicted molar refractivity (Wildman–Crippen MR) is 197 cm³/mol. The molecule has 0 spiro atoms. The summed E-state index contributed by atoms with van der Waals surface area (Å²) in [6.07, 6.45) is 37.6. The first-order valence-corrected chi connectivity index (χ1v) is 20.6. The molecule has 3 fully saturated rings. The number of esters is 2. The highest BCUT2D eigenvalue weighted by molar-refractivity contribution is 5.70. The van der Waals surface area contributed by atoms with Crippen molar-refractivity contribution in [3.05, 3.63) is 18.7 Å². The average Bonchev–Trinajstić information content (AvgIpc) is 3.62. The van der Waals surface area contributed by atoms with Gasteiger partial charge in [-0.3, -0.25) is 9.59 Å². The third-order valence-corrected chi connectivity index (χ3v) is 11.2. The van der Waals surface area contributed by atoms with Crippen molar-refractivity contribution >= 4 is 11.9 Å². The third-order valence-electron chi connectivity index (χ3n) is 11.2. The van der Waals surface area contributed by atoms with Crippen molar-refractivity contribution in [2.24, 2.45) is 11.3 Å². The summed E-state index contributed by atoms with van der Waals surface area (Å²) in [4.78, 5) is 31.4. The van der Waals surface area contributed by atoms with E-state index in [1.165, 1.54) is 129 Å². The molecular formula is C41H73N3O4. The molecule has 0 saturated heterocycles. The lowest BCUT2D eigenvalue weighted by atomic mass is 9.59. The van der Waals surface area contributed by atoms with E-state index in [-0.39, 0.29) is 17.4 Å². The summed E-state index contributed by atoms with van der Waals surface area (Å²) in [5.41, 5.74) is 0.280. The molecule has 276 valence electrons. The van der Waals surface area contributed by atoms with Crippen LogP contribution in [0.15, 0.2) is 18.7 Å². The molecule has 0 N–H and O–H groups in total. The van der Waals surface area contributed by atoms with Crippen LogP contribution < -0.4 is 0 Å². The van der Waals surface area contributed by atoms with Crippen LogP contribution in [0.5, 0.6) is 0 Å². The maximum atomic E-state index is 12.5. The number of rotatable bonds is 31. The second kappa shape index (κ2) is 26.0. The summed E-state index contributed by atoms with van der Waals surface area (Å²) in [5.74, 6) is 0.982. The van der Waals surface area contributed by atoms with Crippen molar-refractivity contribution in [1.82, 2.24) is 14.5 Å². The molecule has 0 atom stereocenters. The number of carbonyl (C=O) groups excluding carboxylic acids is 2. The predicted octanol–water partition coefficient (Wildman–Crippen LogP) is 10.5. The van der Waals surface area contributed by atoms with Crippen LogP contribution in [0, 0.1) is 11.3 Å². The van der Waals surface area contributed by atoms with E-state index in [0.717, 1.165) is 64.1 Å². The maximum absolute atomic E-state index is 12.5. The van der Waals surface area contributed by atoms with E-state index in [1.807, 2.05) is 12.5 Å². The van der Waals surface area contributed by atoms with Crippen LogP contribution in [0.4, 0.5) is 0 Å². The van der Waals surface area contributed by atoms with E-state index in [2.05, 4.69) is 27.6 Å². The standard InChI is InChI=1S/C41H73N3O4/c1-2-3-4-5-7-13-18-34-47-39(45)21-15-10-9-12-17-30-43(31-20-32-44-33-28-42-37-44)29-16-11-6-8-14-19-35-48-40(46)36-41-25-22-38(23-26-41)24-27-41/h28,33,37-38H,2-27,29-32,34-36H2,1H3. The molecule has 1 aromatic heterocycles. The Bertz CT molecular complexity index is 914. The zero-order valence-electron chi connectivity index (χ0n) is 31.1. The summed E-state index contributed by atoms with van der Waals surface area (Å²) in [5, 5.41) is 0. The molecular weight excluding hydrogens is 598 g/mol. The number of aryl methyl sites for hydroxylation is 1. The molecule has 4 rings (SSSR count). The molecule has 48 heavy (non-hydrogen) atoms. The van der Waals surface area contributed by atoms with Crippen LogP contribution in [-0.4, -0.2) is 59.2 Å². The first-order valence-electron chi connectivity index (χ1n) is 20.6. The Balaban J connectivity index is 1.15. The van der Waals surface area contributed by atoms with Crippen LogP contribution in [0.3, 0.4) is 0 Å². The van der Waals surface area contributed by atoms with Crippen LogP contribution in [0.25, 0.3) is 0 Å². The molecule has 3 saturated carbocycles. The minimum absolute atomic E-state index is 0.00965. The lowest BCUT2D eigenvalue weighted by Gasteiger charge is -2.46. The van der Waals surface area contributed by atoms with Gasteiger partial charge in [0.05, 0.1) is 26.0 Å². The van der Waals surface area contributed by atoms with Crippen LogP contribution in [-0.2, 0) is 25.6 Å². The van der Waals surface area contributed by atoms with Crippen molar-refractivity contribution in [2.45, 2.75) is 187 Å². The summed E-state index contributed by atoms with van der Waals surface area (Å²) >= 11 is 0. The van der Waals surface area contributed by atoms with E-state index in [4.69, 9.17) is 9.47 Å². The first-order chi connectivity index (χ1) is 23.6. The van der Waals surface area contributed by atoms with Crippen LogP contribution in [0.1, 0.15) is 180 Å². The normalized spacial score (nSPS) is 18.8. The van der Waals surface area contributed by atoms with Crippen molar-refractivity contribution in [2.75, 3.05) is 32.8 Å². The summed E-state index contributed by atoms with van der Waals surface area (Å²) in [6.45, 7) is 7.95. The number of ether oxygens (including phenoxy) is 2. The van der Waals surface area contributed by atoms with Gasteiger partial charge in [-0.2, -0.15) is 0 Å². The van der Waals surface area contributed by atoms with Gasteiger partial charge < -0.3 is 18.9 Å². The number of hydrogen-bond acceptors (Lipinski definition) is 6. The second-order valence-electron chi connectivity index (χ2n) is 15.4. The Morgan fingerprint density at radius 3 is 1.79 bits per heavy atom. The summed E-state index contributed by atoms with van der Waals surface area (Å²) in [7, 11) is 0. The monoisotopic (exact) mass is 672 g/mol. The number of imidazole rings is 1. The molecule has 0 aliphatic heterocycles. The lowest BCUT2D eigenvalue weighted by Crippen LogP contribution is -2.36. The largest absolute Gasteiger partial charge is 0.466 e. The first kappa shape index (κ1) is 40.5. The van der Waals surface area contributed by atoms with Gasteiger partial charge in [0.1, 0.15) is 0 Å². The number of fused-ring (bicyclic) bond motifs is 3. The topological polar surface area (TPSA) is 73.7 Å². The number of hydrogen-bond donors (Lipinski definition) is 0. The zero-order chi connectivity index (χ0) is 34.0. The molecule has 3 aliphatic carbocycles. The van der Waals surface area contributed by atoms with Gasteiger partial charge in [-0.25, -0.2) is 4.98 Å². The van der Waals surface area contributed by atoms with E-state index in [9.17, 15) is 9.59 Å². The van der Waals surface area contributed by atoms with E-state index < -0.39 is 0 Å². The molecule has 2 bridgehead atoms. The molecule has 7 nitrogen and oxygen atoms in total. The molecule has 1 aromatic rings. The Labute approximate surface area is 294 Å². The van der Waals surface area contributed by atoms with Gasteiger partial charge in [-0.05, 0) is 108 Å². The maximum Gasteiger partial charge on any atom is 0.306 e. The van der Waals surface area contributed by atoms with Gasteiger partial charge in [-0.15, -0.1) is 0 Å². The van der Waals surface area contributed by atoms with Crippen LogP contribution >= 0.6 is 0 Å². The number of unbranched alkanes of at least 4 members (excludes halogenated alkanes) is 15. The molecule has 0 radical (unpaired) electrons. The lowest BCUT2D eigenvalue weighted by molar-refractivity contribution is -0.148. The Hall–Kier alpha value is -1.89. The molecule has 1 heterocycles. The van der Waals surface area contributed by atoms with Crippen molar-refractivity contribution < 1.29 is 19.1 Å². The highest BCUT2D eigenvalue weighted by Crippen LogP contribution is 2.52. The SMILES string of the molecule is CCCCCCCCCOC(=O)CCCCCCCN(CCCCCCCCOC(=O)CC12CCC(CC1)CC2)CCCn1ccnc1. The Morgan fingerprint density at radius 1 is 0.688 bits per heavy atom. The molecule has 3 aliphatic rings. The zero-order valence-corrected chi connectivity index (χ0v) is 31.1. The van der Waals surface area contributed by atoms with E-state index >= 15 is 0 Å². The fourth-order valence-corrected chi connectivity index (χ4v) is 7.98. The molecule has 0 aromatic carbocycles. The minimum atomic E-state index is -0.00965. The summed E-state index contributed by atoms with van der Waals surface area (Å²) in [6, 6.07) is 0. The molecule has 0 amide bonds. The van der Waals surface area contributed by atoms with E-state index in [0.29, 0.717) is 26.1 Å². The quantitative estimate of drug-likeness (QED) is 0.0578. The highest BCUT2D eigenvalue weighted by Gasteiger charge is 2.41. The fraction of sp³-hybridized carbons (Fsp3) is 0.878. The van der Waals surface area contributed by atoms with E-state index in [1.54, 1.807) is 0 Å². The van der Waals surface area contributed by atoms with Gasteiger partial charge in [0.15, 0.2) is 0 Å². The Kier molecular flexibility index (Phi) is 22.0. The van der Waals surface area contributed by atoms with Crippen LogP contribution in [0.2, 0.25) is 0 Å². The van der Waals surface area contributed by atoms with Gasteiger partial charge >= 0.3 is 11.9 Å². The molecule has 0 unspecified atom stereocenters. The fourth-order valence-electron chi connectivity index (χ4n) is 7.98. The van der Waals surface area contributed by atoms with Gasteiger partial charge in [0, 0.05) is 25.4 Å². The number of carbonyl (C=O) groups is 2. The smallest absolute Gasteiger partial charge is 0.306 e. The van der Waals surface area contributed by atoms with Gasteiger partial charge in [-0.1, -0.05) is 90.4 Å². The summed E-state index contributed by atoms with van der Waals surface area (Å²) < 4.78 is 13.3. The average molecular weight is 672 g/mol. The van der Waals surface area contributed by atoms with Crippen molar-refractivity contribution in [3.8, 4) is 0 Å².